The van der Waals surface area contributed by atoms with Gasteiger partial charge in [-0.25, -0.2) is 0 Å². The van der Waals surface area contributed by atoms with E-state index >= 15 is 0 Å². The molecule has 1 aliphatic heterocycles. The first-order valence-corrected chi connectivity index (χ1v) is 13.0. The predicted octanol–water partition coefficient (Wildman–Crippen LogP) is 0.775. The van der Waals surface area contributed by atoms with Crippen LogP contribution in [0.4, 0.5) is 24.5 Å². The van der Waals surface area contributed by atoms with E-state index in [-0.39, 0.29) is 40.7 Å². The molecule has 4 N–H and O–H groups in total. The number of amides is 2. The minimum absolute atomic E-state index is 0.0539. The van der Waals surface area contributed by atoms with Crippen molar-refractivity contribution in [3.8, 4) is 6.07 Å². The first-order valence-electron chi connectivity index (χ1n) is 12.2. The van der Waals surface area contributed by atoms with Crippen LogP contribution in [0, 0.1) is 17.2 Å². The number of rotatable bonds is 9. The normalized spacial score (nSPS) is 15.9. The van der Waals surface area contributed by atoms with Gasteiger partial charge in [-0.05, 0) is 57.0 Å². The number of nitrogens with one attached hydrogen (secondary N) is 3. The number of likely N-dealkylation sites (tertiary alicyclic amines) is 1. The van der Waals surface area contributed by atoms with Gasteiger partial charge in [0.1, 0.15) is 21.8 Å². The van der Waals surface area contributed by atoms with Crippen molar-refractivity contribution in [2.24, 2.45) is 5.92 Å². The molecule has 1 aromatic heterocycles. The number of halogens is 3. The number of aromatic nitrogens is 1. The van der Waals surface area contributed by atoms with E-state index in [1.54, 1.807) is 42.6 Å². The van der Waals surface area contributed by atoms with Gasteiger partial charge in [-0.3, -0.25) is 23.9 Å². The Hall–Kier alpha value is -3.67. The predicted molar refractivity (Wildman–Crippen MR) is 141 cm³/mol. The average Bonchev–Trinajstić information content (AvgIpc) is 3.21. The molecule has 1 aromatic carbocycles. The summed E-state index contributed by atoms with van der Waals surface area (Å²) >= 11 is 0.800. The minimum atomic E-state index is -4.65. The molecule has 0 bridgehead atoms. The Balaban J connectivity index is 1.75. The molecule has 210 valence electrons. The van der Waals surface area contributed by atoms with Crippen LogP contribution in [0.25, 0.3) is 11.8 Å². The van der Waals surface area contributed by atoms with Crippen molar-refractivity contribution >= 4 is 46.3 Å². The SMILES string of the molecule is CCn1c(=C(C#N)C(=O)NCC(F)(F)F)sc(=CNc2cccc(NC(=O)CN3CCC(CO)CC3)c2)c1=O. The molecule has 10 nitrogen and oxygen atoms in total. The van der Waals surface area contributed by atoms with E-state index in [1.165, 1.54) is 6.20 Å². The highest BCUT2D eigenvalue weighted by Crippen LogP contribution is 2.18. The van der Waals surface area contributed by atoms with Crippen LogP contribution in [0.15, 0.2) is 29.1 Å². The fourth-order valence-corrected chi connectivity index (χ4v) is 5.11. The van der Waals surface area contributed by atoms with Gasteiger partial charge in [-0.2, -0.15) is 18.4 Å². The largest absolute Gasteiger partial charge is 0.405 e. The molecule has 0 unspecified atom stereocenters. The highest BCUT2D eigenvalue weighted by molar-refractivity contribution is 7.07. The molecule has 2 aromatic rings. The van der Waals surface area contributed by atoms with Gasteiger partial charge in [0.25, 0.3) is 11.5 Å². The number of alkyl halides is 3. The Morgan fingerprint density at radius 3 is 2.56 bits per heavy atom. The number of aliphatic hydroxyl groups is 1. The number of anilines is 2. The average molecular weight is 567 g/mol. The second kappa shape index (κ2) is 13.4. The fraction of sp³-hybridized carbons (Fsp3) is 0.440. The van der Waals surface area contributed by atoms with Crippen molar-refractivity contribution in [1.82, 2.24) is 14.8 Å². The summed E-state index contributed by atoms with van der Waals surface area (Å²) in [5, 5.41) is 26.1. The highest BCUT2D eigenvalue weighted by atomic mass is 32.1. The molecule has 1 fully saturated rings. The van der Waals surface area contributed by atoms with Crippen LogP contribution >= 0.6 is 11.3 Å². The van der Waals surface area contributed by atoms with Gasteiger partial charge in [0.05, 0.1) is 6.54 Å². The van der Waals surface area contributed by atoms with Crippen LogP contribution in [-0.2, 0) is 16.1 Å². The molecule has 0 spiro atoms. The van der Waals surface area contributed by atoms with Crippen LogP contribution in [0.3, 0.4) is 0 Å². The molecule has 14 heteroatoms. The smallest absolute Gasteiger partial charge is 0.396 e. The topological polar surface area (TPSA) is 139 Å². The third-order valence-electron chi connectivity index (χ3n) is 6.07. The Bertz CT molecular complexity index is 1400. The van der Waals surface area contributed by atoms with Crippen molar-refractivity contribution < 1.29 is 27.9 Å². The van der Waals surface area contributed by atoms with Crippen LogP contribution < -0.4 is 30.7 Å². The number of carbonyl (C=O) groups is 2. The van der Waals surface area contributed by atoms with Crippen molar-refractivity contribution in [3.63, 3.8) is 0 Å². The lowest BCUT2D eigenvalue weighted by molar-refractivity contribution is -0.135. The number of aliphatic hydroxyl groups excluding tert-OH is 1. The molecule has 3 rings (SSSR count). The van der Waals surface area contributed by atoms with Crippen molar-refractivity contribution in [3.05, 3.63) is 43.8 Å². The highest BCUT2D eigenvalue weighted by Gasteiger charge is 2.29. The number of nitriles is 1. The van der Waals surface area contributed by atoms with Gasteiger partial charge in [-0.15, -0.1) is 11.3 Å². The summed E-state index contributed by atoms with van der Waals surface area (Å²) in [4.78, 5) is 39.6. The quantitative estimate of drug-likeness (QED) is 0.352. The van der Waals surface area contributed by atoms with E-state index in [9.17, 15) is 37.9 Å². The van der Waals surface area contributed by atoms with E-state index in [1.807, 2.05) is 4.90 Å². The number of hydrogen-bond donors (Lipinski definition) is 4. The fourth-order valence-electron chi connectivity index (χ4n) is 4.02. The summed E-state index contributed by atoms with van der Waals surface area (Å²) < 4.78 is 38.7. The third-order valence-corrected chi connectivity index (χ3v) is 7.21. The number of carbonyl (C=O) groups excluding carboxylic acids is 2. The first kappa shape index (κ1) is 29.9. The number of piperidine rings is 1. The zero-order chi connectivity index (χ0) is 28.6. The number of hydrogen-bond acceptors (Lipinski definition) is 8. The van der Waals surface area contributed by atoms with Crippen LogP contribution in [0.5, 0.6) is 0 Å². The maximum Gasteiger partial charge on any atom is 0.405 e. The van der Waals surface area contributed by atoms with Gasteiger partial charge in [0, 0.05) is 30.7 Å². The second-order valence-electron chi connectivity index (χ2n) is 8.93. The molecular formula is C25H29F3N6O4S. The molecule has 39 heavy (non-hydrogen) atoms. The Labute approximate surface area is 226 Å². The molecule has 0 atom stereocenters. The zero-order valence-corrected chi connectivity index (χ0v) is 22.0. The van der Waals surface area contributed by atoms with Gasteiger partial charge in [0.15, 0.2) is 5.57 Å². The van der Waals surface area contributed by atoms with Crippen molar-refractivity contribution in [2.75, 3.05) is 43.4 Å². The second-order valence-corrected chi connectivity index (χ2v) is 9.96. The van der Waals surface area contributed by atoms with E-state index in [0.29, 0.717) is 11.4 Å². The van der Waals surface area contributed by atoms with E-state index in [2.05, 4.69) is 10.6 Å². The molecule has 0 radical (unpaired) electrons. The number of nitrogens with zero attached hydrogens (tertiary/aromatic N) is 3. The Kier molecular flexibility index (Phi) is 10.3. The Morgan fingerprint density at radius 1 is 1.26 bits per heavy atom. The summed E-state index contributed by atoms with van der Waals surface area (Å²) in [5.41, 5.74) is -0.0340. The van der Waals surface area contributed by atoms with Gasteiger partial charge < -0.3 is 21.1 Å². The third kappa shape index (κ3) is 8.41. The zero-order valence-electron chi connectivity index (χ0n) is 21.2. The van der Waals surface area contributed by atoms with Crippen LogP contribution in [-0.4, -0.2) is 65.4 Å². The lowest BCUT2D eigenvalue weighted by Crippen LogP contribution is -2.39. The Morgan fingerprint density at radius 2 is 1.95 bits per heavy atom. The summed E-state index contributed by atoms with van der Waals surface area (Å²) in [7, 11) is 0. The molecule has 1 saturated heterocycles. The summed E-state index contributed by atoms with van der Waals surface area (Å²) in [6.07, 6.45) is -1.59. The lowest BCUT2D eigenvalue weighted by atomic mass is 9.98. The van der Waals surface area contributed by atoms with E-state index in [0.717, 1.165) is 41.8 Å². The number of benzene rings is 1. The standard InChI is InChI=1S/C25H29F3N6O4S/c1-2-34-23(38)20(39-24(34)19(11-29)22(37)31-15-25(26,27)28)12-30-17-4-3-5-18(10-17)32-21(36)13-33-8-6-16(14-35)7-9-33/h3-5,10,12,16,30,35H,2,6-9,13-15H2,1H3,(H,31,37)(H,32,36). The maximum atomic E-state index is 12.8. The van der Waals surface area contributed by atoms with Gasteiger partial charge in [-0.1, -0.05) is 6.07 Å². The molecule has 0 aliphatic carbocycles. The molecule has 0 saturated carbocycles. The summed E-state index contributed by atoms with van der Waals surface area (Å²) in [5.74, 6) is -1.13. The van der Waals surface area contributed by atoms with Crippen molar-refractivity contribution in [1.29, 1.82) is 5.26 Å². The van der Waals surface area contributed by atoms with Gasteiger partial charge in [0.2, 0.25) is 5.91 Å². The maximum absolute atomic E-state index is 12.8. The molecule has 2 heterocycles. The monoisotopic (exact) mass is 566 g/mol. The van der Waals surface area contributed by atoms with Crippen LogP contribution in [0.1, 0.15) is 19.8 Å². The first-order chi connectivity index (χ1) is 18.5. The molecule has 2 amide bonds. The molecule has 1 aliphatic rings. The minimum Gasteiger partial charge on any atom is -0.396 e. The van der Waals surface area contributed by atoms with Gasteiger partial charge >= 0.3 is 6.18 Å². The van der Waals surface area contributed by atoms with E-state index in [4.69, 9.17) is 0 Å². The summed E-state index contributed by atoms with van der Waals surface area (Å²) in [6.45, 7) is 1.96. The van der Waals surface area contributed by atoms with E-state index < -0.39 is 29.8 Å². The molecular weight excluding hydrogens is 537 g/mol. The summed E-state index contributed by atoms with van der Waals surface area (Å²) in [6, 6.07) is 8.38. The lowest BCUT2D eigenvalue weighted by Gasteiger charge is -2.30. The van der Waals surface area contributed by atoms with Crippen LogP contribution in [0.2, 0.25) is 0 Å². The van der Waals surface area contributed by atoms with Crippen molar-refractivity contribution in [2.45, 2.75) is 32.5 Å². The number of thiazole rings is 1.